The Kier molecular flexibility index (Phi) is 3.50. The van der Waals surface area contributed by atoms with E-state index in [4.69, 9.17) is 9.47 Å². The summed E-state index contributed by atoms with van der Waals surface area (Å²) in [7, 11) is 0. The molecule has 0 bridgehead atoms. The molecule has 19 heavy (non-hydrogen) atoms. The molecule has 0 fully saturated rings. The van der Waals surface area contributed by atoms with Gasteiger partial charge in [-0.25, -0.2) is 4.98 Å². The van der Waals surface area contributed by atoms with Crippen LogP contribution in [0.25, 0.3) is 0 Å². The largest absolute Gasteiger partial charge is 0.454 e. The maximum Gasteiger partial charge on any atom is 0.231 e. The Balaban J connectivity index is 1.62. The van der Waals surface area contributed by atoms with Crippen LogP contribution in [-0.2, 0) is 13.0 Å². The van der Waals surface area contributed by atoms with Crippen molar-refractivity contribution in [2.24, 2.45) is 0 Å². The van der Waals surface area contributed by atoms with Gasteiger partial charge in [-0.05, 0) is 24.1 Å². The number of fused-ring (bicyclic) bond motifs is 1. The minimum atomic E-state index is 0.309. The van der Waals surface area contributed by atoms with Crippen LogP contribution in [0.2, 0.25) is 0 Å². The molecule has 2 heterocycles. The Bertz CT molecular complexity index is 571. The molecule has 0 amide bonds. The second-order valence-corrected chi connectivity index (χ2v) is 5.06. The molecule has 0 radical (unpaired) electrons. The maximum absolute atomic E-state index is 5.35. The lowest BCUT2D eigenvalue weighted by molar-refractivity contribution is 0.174. The third-order valence-electron chi connectivity index (χ3n) is 2.82. The number of rotatable bonds is 5. The number of benzene rings is 1. The molecule has 0 unspecified atom stereocenters. The SMILES string of the molecule is CCCc1nsc(NCc2ccc3c(c2)OCO3)n1. The van der Waals surface area contributed by atoms with Crippen molar-refractivity contribution in [1.29, 1.82) is 0 Å². The van der Waals surface area contributed by atoms with Crippen LogP contribution >= 0.6 is 11.5 Å². The molecule has 0 atom stereocenters. The molecule has 3 rings (SSSR count). The van der Waals surface area contributed by atoms with Gasteiger partial charge in [-0.2, -0.15) is 4.37 Å². The van der Waals surface area contributed by atoms with Crippen LogP contribution in [0.3, 0.4) is 0 Å². The van der Waals surface area contributed by atoms with E-state index in [0.29, 0.717) is 13.3 Å². The Morgan fingerprint density at radius 3 is 3.11 bits per heavy atom. The highest BCUT2D eigenvalue weighted by Gasteiger charge is 2.13. The number of hydrogen-bond donors (Lipinski definition) is 1. The highest BCUT2D eigenvalue weighted by Crippen LogP contribution is 2.32. The van der Waals surface area contributed by atoms with E-state index < -0.39 is 0 Å². The smallest absolute Gasteiger partial charge is 0.231 e. The summed E-state index contributed by atoms with van der Waals surface area (Å²) in [4.78, 5) is 4.43. The zero-order chi connectivity index (χ0) is 13.1. The van der Waals surface area contributed by atoms with Gasteiger partial charge in [0, 0.05) is 24.5 Å². The zero-order valence-electron chi connectivity index (χ0n) is 10.7. The predicted molar refractivity (Wildman–Crippen MR) is 73.8 cm³/mol. The topological polar surface area (TPSA) is 56.3 Å². The van der Waals surface area contributed by atoms with Crippen molar-refractivity contribution >= 4 is 16.7 Å². The first-order chi connectivity index (χ1) is 9.35. The first-order valence-electron chi connectivity index (χ1n) is 6.30. The van der Waals surface area contributed by atoms with Crippen LogP contribution in [0.15, 0.2) is 18.2 Å². The van der Waals surface area contributed by atoms with Crippen molar-refractivity contribution in [3.63, 3.8) is 0 Å². The average Bonchev–Trinajstić information content (AvgIpc) is 3.04. The summed E-state index contributed by atoms with van der Waals surface area (Å²) in [5.41, 5.74) is 1.14. The van der Waals surface area contributed by atoms with Gasteiger partial charge in [0.1, 0.15) is 5.82 Å². The third-order valence-corrected chi connectivity index (χ3v) is 3.53. The number of ether oxygens (including phenoxy) is 2. The van der Waals surface area contributed by atoms with E-state index in [2.05, 4.69) is 21.6 Å². The normalized spacial score (nSPS) is 12.7. The van der Waals surface area contributed by atoms with Crippen molar-refractivity contribution in [3.8, 4) is 11.5 Å². The van der Waals surface area contributed by atoms with Gasteiger partial charge in [-0.3, -0.25) is 0 Å². The van der Waals surface area contributed by atoms with E-state index >= 15 is 0 Å². The van der Waals surface area contributed by atoms with Gasteiger partial charge in [0.05, 0.1) is 0 Å². The lowest BCUT2D eigenvalue weighted by Crippen LogP contribution is -1.99. The van der Waals surface area contributed by atoms with Crippen molar-refractivity contribution in [2.75, 3.05) is 12.1 Å². The fourth-order valence-electron chi connectivity index (χ4n) is 1.88. The van der Waals surface area contributed by atoms with Gasteiger partial charge < -0.3 is 14.8 Å². The molecule has 2 aromatic rings. The van der Waals surface area contributed by atoms with Gasteiger partial charge in [0.2, 0.25) is 11.9 Å². The van der Waals surface area contributed by atoms with Crippen molar-refractivity contribution in [2.45, 2.75) is 26.3 Å². The molecular weight excluding hydrogens is 262 g/mol. The number of aromatic nitrogens is 2. The molecule has 1 aliphatic heterocycles. The van der Waals surface area contributed by atoms with Crippen molar-refractivity contribution in [1.82, 2.24) is 9.36 Å². The van der Waals surface area contributed by atoms with E-state index in [1.165, 1.54) is 11.5 Å². The van der Waals surface area contributed by atoms with Crippen LogP contribution in [0.5, 0.6) is 11.5 Å². The average molecular weight is 277 g/mol. The summed E-state index contributed by atoms with van der Waals surface area (Å²) in [5, 5.41) is 4.14. The highest BCUT2D eigenvalue weighted by atomic mass is 32.1. The minimum absolute atomic E-state index is 0.309. The van der Waals surface area contributed by atoms with E-state index in [1.807, 2.05) is 18.2 Å². The van der Waals surface area contributed by atoms with E-state index in [0.717, 1.165) is 40.9 Å². The summed E-state index contributed by atoms with van der Waals surface area (Å²) >= 11 is 1.41. The summed E-state index contributed by atoms with van der Waals surface area (Å²) < 4.78 is 14.9. The van der Waals surface area contributed by atoms with Gasteiger partial charge in [0.25, 0.3) is 0 Å². The monoisotopic (exact) mass is 277 g/mol. The van der Waals surface area contributed by atoms with Crippen LogP contribution in [0.4, 0.5) is 5.13 Å². The van der Waals surface area contributed by atoms with Gasteiger partial charge in [-0.1, -0.05) is 13.0 Å². The first kappa shape index (κ1) is 12.2. The Hall–Kier alpha value is -1.82. The quantitative estimate of drug-likeness (QED) is 0.910. The highest BCUT2D eigenvalue weighted by molar-refractivity contribution is 7.09. The van der Waals surface area contributed by atoms with Crippen molar-refractivity contribution in [3.05, 3.63) is 29.6 Å². The second kappa shape index (κ2) is 5.44. The lowest BCUT2D eigenvalue weighted by atomic mass is 10.2. The summed E-state index contributed by atoms with van der Waals surface area (Å²) in [6.45, 7) is 3.14. The summed E-state index contributed by atoms with van der Waals surface area (Å²) in [6.07, 6.45) is 2.00. The van der Waals surface area contributed by atoms with Gasteiger partial charge >= 0.3 is 0 Å². The van der Waals surface area contributed by atoms with Crippen LogP contribution in [0, 0.1) is 0 Å². The molecule has 1 aliphatic rings. The van der Waals surface area contributed by atoms with Crippen LogP contribution in [-0.4, -0.2) is 16.2 Å². The standard InChI is InChI=1S/C13H15N3O2S/c1-2-3-12-15-13(19-16-12)14-7-9-4-5-10-11(6-9)18-8-17-10/h4-6H,2-3,7-8H2,1H3,(H,14,15,16). The molecule has 1 aromatic heterocycles. The fourth-order valence-corrected chi connectivity index (χ4v) is 2.49. The minimum Gasteiger partial charge on any atom is -0.454 e. The maximum atomic E-state index is 5.35. The van der Waals surface area contributed by atoms with E-state index in [9.17, 15) is 0 Å². The molecule has 0 saturated carbocycles. The molecule has 0 aliphatic carbocycles. The Morgan fingerprint density at radius 1 is 1.32 bits per heavy atom. The number of nitrogens with zero attached hydrogens (tertiary/aromatic N) is 2. The lowest BCUT2D eigenvalue weighted by Gasteiger charge is -2.03. The Morgan fingerprint density at radius 2 is 2.21 bits per heavy atom. The number of aryl methyl sites for hydroxylation is 1. The third kappa shape index (κ3) is 2.78. The molecule has 100 valence electrons. The van der Waals surface area contributed by atoms with Crippen molar-refractivity contribution < 1.29 is 9.47 Å². The molecule has 1 aromatic carbocycles. The zero-order valence-corrected chi connectivity index (χ0v) is 11.5. The van der Waals surface area contributed by atoms with Crippen LogP contribution in [0.1, 0.15) is 24.7 Å². The first-order valence-corrected chi connectivity index (χ1v) is 7.07. The molecule has 6 heteroatoms. The predicted octanol–water partition coefficient (Wildman–Crippen LogP) is 2.83. The van der Waals surface area contributed by atoms with Crippen LogP contribution < -0.4 is 14.8 Å². The summed E-state index contributed by atoms with van der Waals surface area (Å²) in [5.74, 6) is 2.54. The van der Waals surface area contributed by atoms with E-state index in [-0.39, 0.29) is 0 Å². The number of anilines is 1. The number of nitrogens with one attached hydrogen (secondary N) is 1. The Labute approximate surface area is 115 Å². The molecule has 5 nitrogen and oxygen atoms in total. The molecule has 1 N–H and O–H groups in total. The number of hydrogen-bond acceptors (Lipinski definition) is 6. The fraction of sp³-hybridized carbons (Fsp3) is 0.385. The van der Waals surface area contributed by atoms with Gasteiger partial charge in [-0.15, -0.1) is 0 Å². The molecule has 0 saturated heterocycles. The second-order valence-electron chi connectivity index (χ2n) is 4.31. The molecule has 0 spiro atoms. The molecular formula is C13H15N3O2S. The van der Waals surface area contributed by atoms with Gasteiger partial charge in [0.15, 0.2) is 11.5 Å². The summed E-state index contributed by atoms with van der Waals surface area (Å²) in [6, 6.07) is 5.94. The van der Waals surface area contributed by atoms with E-state index in [1.54, 1.807) is 0 Å².